The van der Waals surface area contributed by atoms with Gasteiger partial charge in [0, 0.05) is 16.5 Å². The van der Waals surface area contributed by atoms with Crippen molar-refractivity contribution in [1.82, 2.24) is 4.57 Å². The Balaban J connectivity index is 2.30. The van der Waals surface area contributed by atoms with Crippen LogP contribution in [0.25, 0.3) is 27.5 Å². The van der Waals surface area contributed by atoms with E-state index in [1.54, 1.807) is 10.6 Å². The van der Waals surface area contributed by atoms with Crippen molar-refractivity contribution in [3.8, 4) is 11.8 Å². The maximum absolute atomic E-state index is 14.8. The summed E-state index contributed by atoms with van der Waals surface area (Å²) >= 11 is 0. The SMILES string of the molecule is N#Cc1c(F)cc2c3ccccc3n(-c3ccccc3)c2c1F. The largest absolute Gasteiger partial charge is 0.306 e. The molecule has 0 spiro atoms. The first-order valence-corrected chi connectivity index (χ1v) is 7.09. The van der Waals surface area contributed by atoms with Gasteiger partial charge in [0.1, 0.15) is 17.4 Å². The van der Waals surface area contributed by atoms with E-state index in [-0.39, 0.29) is 5.52 Å². The molecule has 0 saturated heterocycles. The van der Waals surface area contributed by atoms with Gasteiger partial charge in [-0.05, 0) is 24.3 Å². The first kappa shape index (κ1) is 13.5. The van der Waals surface area contributed by atoms with E-state index in [9.17, 15) is 8.78 Å². The van der Waals surface area contributed by atoms with Crippen LogP contribution in [0.5, 0.6) is 0 Å². The molecule has 110 valence electrons. The minimum absolute atomic E-state index is 0.218. The summed E-state index contributed by atoms with van der Waals surface area (Å²) in [5.74, 6) is -1.67. The number of hydrogen-bond donors (Lipinski definition) is 0. The molecule has 0 radical (unpaired) electrons. The lowest BCUT2D eigenvalue weighted by atomic mass is 10.1. The number of rotatable bonds is 1. The number of aromatic nitrogens is 1. The summed E-state index contributed by atoms with van der Waals surface area (Å²) in [5.41, 5.74) is 1.18. The van der Waals surface area contributed by atoms with Crippen LogP contribution in [-0.2, 0) is 0 Å². The second-order valence-corrected chi connectivity index (χ2v) is 5.24. The van der Waals surface area contributed by atoms with E-state index in [0.29, 0.717) is 5.39 Å². The summed E-state index contributed by atoms with van der Waals surface area (Å²) in [5, 5.41) is 10.3. The van der Waals surface area contributed by atoms with Crippen LogP contribution in [0.2, 0.25) is 0 Å². The average Bonchev–Trinajstić information content (AvgIpc) is 2.91. The van der Waals surface area contributed by atoms with E-state index >= 15 is 0 Å². The molecule has 4 aromatic rings. The molecule has 23 heavy (non-hydrogen) atoms. The Labute approximate surface area is 130 Å². The van der Waals surface area contributed by atoms with Crippen LogP contribution in [0.15, 0.2) is 60.7 Å². The summed E-state index contributed by atoms with van der Waals surface area (Å²) < 4.78 is 30.6. The van der Waals surface area contributed by atoms with Gasteiger partial charge in [0.2, 0.25) is 0 Å². The second kappa shape index (κ2) is 4.92. The summed E-state index contributed by atoms with van der Waals surface area (Å²) in [7, 11) is 0. The van der Waals surface area contributed by atoms with Crippen molar-refractivity contribution in [3.05, 3.63) is 77.9 Å². The molecule has 0 bridgehead atoms. The van der Waals surface area contributed by atoms with Crippen LogP contribution in [0.4, 0.5) is 8.78 Å². The van der Waals surface area contributed by atoms with Gasteiger partial charge in [0.15, 0.2) is 5.82 Å². The lowest BCUT2D eigenvalue weighted by Crippen LogP contribution is -1.98. The summed E-state index contributed by atoms with van der Waals surface area (Å²) in [4.78, 5) is 0. The smallest absolute Gasteiger partial charge is 0.168 e. The van der Waals surface area contributed by atoms with Crippen LogP contribution >= 0.6 is 0 Å². The molecule has 4 heteroatoms. The normalized spacial score (nSPS) is 11.0. The zero-order chi connectivity index (χ0) is 16.0. The maximum Gasteiger partial charge on any atom is 0.168 e. The van der Waals surface area contributed by atoms with Crippen LogP contribution < -0.4 is 0 Å². The van der Waals surface area contributed by atoms with Gasteiger partial charge in [-0.25, -0.2) is 8.78 Å². The van der Waals surface area contributed by atoms with E-state index in [0.717, 1.165) is 16.6 Å². The number of nitrogens with zero attached hydrogens (tertiary/aromatic N) is 2. The molecule has 0 aliphatic heterocycles. The molecule has 1 aromatic heterocycles. The van der Waals surface area contributed by atoms with Crippen molar-refractivity contribution in [2.24, 2.45) is 0 Å². The number of fused-ring (bicyclic) bond motifs is 3. The number of para-hydroxylation sites is 2. The summed E-state index contributed by atoms with van der Waals surface area (Å²) in [6.07, 6.45) is 0. The van der Waals surface area contributed by atoms with Crippen molar-refractivity contribution in [2.75, 3.05) is 0 Å². The van der Waals surface area contributed by atoms with E-state index in [2.05, 4.69) is 0 Å². The molecule has 4 rings (SSSR count). The minimum atomic E-state index is -0.839. The van der Waals surface area contributed by atoms with Crippen LogP contribution in [0.3, 0.4) is 0 Å². The van der Waals surface area contributed by atoms with E-state index in [4.69, 9.17) is 5.26 Å². The summed E-state index contributed by atoms with van der Waals surface area (Å²) in [6.45, 7) is 0. The first-order chi connectivity index (χ1) is 11.2. The fourth-order valence-electron chi connectivity index (χ4n) is 3.00. The third-order valence-corrected chi connectivity index (χ3v) is 3.98. The standard InChI is InChI=1S/C19H10F2N2/c20-16-10-14-13-8-4-5-9-17(13)23(12-6-2-1-3-7-12)19(14)18(21)15(16)11-22/h1-10H. The minimum Gasteiger partial charge on any atom is -0.306 e. The van der Waals surface area contributed by atoms with Gasteiger partial charge < -0.3 is 4.57 Å². The number of halogens is 2. The van der Waals surface area contributed by atoms with Crippen molar-refractivity contribution >= 4 is 21.8 Å². The fourth-order valence-corrected chi connectivity index (χ4v) is 3.00. The molecule has 3 aromatic carbocycles. The van der Waals surface area contributed by atoms with Crippen LogP contribution in [0, 0.1) is 23.0 Å². The molecule has 0 saturated carbocycles. The van der Waals surface area contributed by atoms with Gasteiger partial charge in [-0.1, -0.05) is 36.4 Å². The highest BCUT2D eigenvalue weighted by Crippen LogP contribution is 2.35. The molecule has 0 atom stereocenters. The Bertz CT molecular complexity index is 1090. The van der Waals surface area contributed by atoms with Crippen LogP contribution in [0.1, 0.15) is 5.56 Å². The molecular weight excluding hydrogens is 294 g/mol. The Hall–Kier alpha value is -3.19. The van der Waals surface area contributed by atoms with E-state index in [1.807, 2.05) is 54.6 Å². The quantitative estimate of drug-likeness (QED) is 0.490. The van der Waals surface area contributed by atoms with Gasteiger partial charge in [0.05, 0.1) is 11.0 Å². The highest BCUT2D eigenvalue weighted by molar-refractivity contribution is 6.09. The predicted molar refractivity (Wildman–Crippen MR) is 85.4 cm³/mol. The molecule has 1 heterocycles. The second-order valence-electron chi connectivity index (χ2n) is 5.24. The zero-order valence-corrected chi connectivity index (χ0v) is 11.9. The van der Waals surface area contributed by atoms with Gasteiger partial charge in [-0.2, -0.15) is 5.26 Å². The highest BCUT2D eigenvalue weighted by Gasteiger charge is 2.21. The molecule has 2 nitrogen and oxygen atoms in total. The van der Waals surface area contributed by atoms with Crippen molar-refractivity contribution in [1.29, 1.82) is 5.26 Å². The number of hydrogen-bond acceptors (Lipinski definition) is 1. The third-order valence-electron chi connectivity index (χ3n) is 3.98. The van der Waals surface area contributed by atoms with E-state index < -0.39 is 17.2 Å². The van der Waals surface area contributed by atoms with Gasteiger partial charge in [-0.15, -0.1) is 0 Å². The Morgan fingerprint density at radius 3 is 2.30 bits per heavy atom. The van der Waals surface area contributed by atoms with E-state index in [1.165, 1.54) is 6.07 Å². The molecule has 0 aliphatic carbocycles. The average molecular weight is 304 g/mol. The zero-order valence-electron chi connectivity index (χ0n) is 11.9. The van der Waals surface area contributed by atoms with Gasteiger partial charge in [-0.3, -0.25) is 0 Å². The van der Waals surface area contributed by atoms with Crippen molar-refractivity contribution < 1.29 is 8.78 Å². The molecule has 0 N–H and O–H groups in total. The lowest BCUT2D eigenvalue weighted by molar-refractivity contribution is 0.583. The van der Waals surface area contributed by atoms with Crippen molar-refractivity contribution in [3.63, 3.8) is 0 Å². The topological polar surface area (TPSA) is 28.7 Å². The maximum atomic E-state index is 14.8. The fraction of sp³-hybridized carbons (Fsp3) is 0. The third kappa shape index (κ3) is 1.84. The predicted octanol–water partition coefficient (Wildman–Crippen LogP) is 4.93. The summed E-state index contributed by atoms with van der Waals surface area (Å²) in [6, 6.07) is 19.5. The number of nitriles is 1. The first-order valence-electron chi connectivity index (χ1n) is 7.09. The van der Waals surface area contributed by atoms with Crippen molar-refractivity contribution in [2.45, 2.75) is 0 Å². The van der Waals surface area contributed by atoms with Gasteiger partial charge >= 0.3 is 0 Å². The Kier molecular flexibility index (Phi) is 2.88. The monoisotopic (exact) mass is 304 g/mol. The molecule has 0 unspecified atom stereocenters. The lowest BCUT2D eigenvalue weighted by Gasteiger charge is -2.08. The molecular formula is C19H10F2N2. The van der Waals surface area contributed by atoms with Crippen LogP contribution in [-0.4, -0.2) is 4.57 Å². The molecule has 0 fully saturated rings. The number of benzene rings is 3. The molecule has 0 amide bonds. The Morgan fingerprint density at radius 2 is 1.57 bits per heavy atom. The molecule has 0 aliphatic rings. The Morgan fingerprint density at radius 1 is 0.870 bits per heavy atom. The highest BCUT2D eigenvalue weighted by atomic mass is 19.1. The van der Waals surface area contributed by atoms with Gasteiger partial charge in [0.25, 0.3) is 0 Å².